The van der Waals surface area contributed by atoms with Gasteiger partial charge in [0.25, 0.3) is 5.91 Å². The maximum Gasteiger partial charge on any atom is 0.254 e. The first-order chi connectivity index (χ1) is 13.3. The second-order valence-electron chi connectivity index (χ2n) is 7.11. The number of hydrogen-bond acceptors (Lipinski definition) is 5. The van der Waals surface area contributed by atoms with Gasteiger partial charge >= 0.3 is 0 Å². The average Bonchev–Trinajstić information content (AvgIpc) is 3.13. The molecule has 0 saturated carbocycles. The van der Waals surface area contributed by atoms with Crippen LogP contribution in [-0.4, -0.2) is 38.9 Å². The Labute approximate surface area is 170 Å². The minimum atomic E-state index is -3.79. The Morgan fingerprint density at radius 2 is 2.11 bits per heavy atom. The first kappa shape index (κ1) is 20.8. The van der Waals surface area contributed by atoms with Gasteiger partial charge in [-0.25, -0.2) is 13.1 Å². The van der Waals surface area contributed by atoms with Crippen LogP contribution in [0.5, 0.6) is 5.75 Å². The average molecular weight is 423 g/mol. The van der Waals surface area contributed by atoms with Gasteiger partial charge in [0.2, 0.25) is 10.0 Å². The van der Waals surface area contributed by atoms with Gasteiger partial charge < -0.3 is 9.64 Å². The Balaban J connectivity index is 1.98. The normalized spacial score (nSPS) is 16.9. The lowest BCUT2D eigenvalue weighted by molar-refractivity contribution is 0.0657. The van der Waals surface area contributed by atoms with Gasteiger partial charge in [-0.1, -0.05) is 6.92 Å². The maximum absolute atomic E-state index is 13.3. The number of carbonyl (C=O) groups excluding carboxylic acids is 1. The van der Waals surface area contributed by atoms with Crippen LogP contribution in [0.2, 0.25) is 0 Å². The fourth-order valence-corrected chi connectivity index (χ4v) is 6.01. The number of nitrogens with zero attached hydrogens (tertiary/aromatic N) is 1. The van der Waals surface area contributed by atoms with Crippen molar-refractivity contribution < 1.29 is 17.9 Å². The topological polar surface area (TPSA) is 75.7 Å². The third-order valence-corrected chi connectivity index (χ3v) is 7.51. The second-order valence-corrected chi connectivity index (χ2v) is 9.80. The summed E-state index contributed by atoms with van der Waals surface area (Å²) in [5, 5.41) is 2.07. The summed E-state index contributed by atoms with van der Waals surface area (Å²) in [6.07, 6.45) is 1.64. The number of nitrogens with one attached hydrogen (secondary N) is 1. The number of fused-ring (bicyclic) bond motifs is 1. The third kappa shape index (κ3) is 3.94. The summed E-state index contributed by atoms with van der Waals surface area (Å²) in [5.41, 5.74) is 1.55. The second kappa shape index (κ2) is 8.23. The van der Waals surface area contributed by atoms with Crippen molar-refractivity contribution in [3.8, 4) is 5.75 Å². The van der Waals surface area contributed by atoms with Crippen LogP contribution >= 0.6 is 11.3 Å². The van der Waals surface area contributed by atoms with Crippen molar-refractivity contribution >= 4 is 27.3 Å². The van der Waals surface area contributed by atoms with Gasteiger partial charge in [0.05, 0.1) is 13.2 Å². The summed E-state index contributed by atoms with van der Waals surface area (Å²) in [4.78, 5) is 16.4. The number of ether oxygens (including phenoxy) is 1. The standard InChI is InChI=1S/C20H26N2O4S2/c1-5-16-15-9-11-27-18(15)8-10-22(16)20(23)14-6-7-17(26-4)19(12-14)28(24,25)21-13(2)3/h6-7,9,11-13,16,21H,5,8,10H2,1-4H3/t16-/m0/s1. The number of benzene rings is 1. The van der Waals surface area contributed by atoms with E-state index in [1.807, 2.05) is 4.90 Å². The molecule has 1 aliphatic rings. The van der Waals surface area contributed by atoms with E-state index in [2.05, 4.69) is 23.1 Å². The fourth-order valence-electron chi connectivity index (χ4n) is 3.64. The highest BCUT2D eigenvalue weighted by Gasteiger charge is 2.32. The quantitative estimate of drug-likeness (QED) is 0.772. The molecule has 1 N–H and O–H groups in total. The first-order valence-electron chi connectivity index (χ1n) is 9.36. The number of hydrogen-bond donors (Lipinski definition) is 1. The molecule has 0 fully saturated rings. The molecule has 28 heavy (non-hydrogen) atoms. The number of methoxy groups -OCH3 is 1. The van der Waals surface area contributed by atoms with Crippen LogP contribution in [0.4, 0.5) is 0 Å². The summed E-state index contributed by atoms with van der Waals surface area (Å²) in [6, 6.07) is 6.43. The smallest absolute Gasteiger partial charge is 0.254 e. The van der Waals surface area contributed by atoms with Crippen LogP contribution in [0.25, 0.3) is 0 Å². The Kier molecular flexibility index (Phi) is 6.12. The highest BCUT2D eigenvalue weighted by atomic mass is 32.2. The van der Waals surface area contributed by atoms with Crippen molar-refractivity contribution in [1.29, 1.82) is 0 Å². The van der Waals surface area contributed by atoms with Crippen LogP contribution < -0.4 is 9.46 Å². The Morgan fingerprint density at radius 1 is 1.36 bits per heavy atom. The van der Waals surface area contributed by atoms with Gasteiger partial charge in [-0.05, 0) is 61.9 Å². The monoisotopic (exact) mass is 422 g/mol. The van der Waals surface area contributed by atoms with Crippen molar-refractivity contribution in [2.24, 2.45) is 0 Å². The number of sulfonamides is 1. The van der Waals surface area contributed by atoms with E-state index in [0.717, 1.165) is 12.8 Å². The van der Waals surface area contributed by atoms with Crippen LogP contribution in [0.3, 0.4) is 0 Å². The summed E-state index contributed by atoms with van der Waals surface area (Å²) >= 11 is 1.73. The number of thiophene rings is 1. The number of carbonyl (C=O) groups is 1. The molecule has 0 saturated heterocycles. The summed E-state index contributed by atoms with van der Waals surface area (Å²) in [6.45, 7) is 6.19. The van der Waals surface area contributed by atoms with Crippen LogP contribution in [0.1, 0.15) is 54.0 Å². The Hall–Kier alpha value is -1.90. The zero-order chi connectivity index (χ0) is 20.5. The largest absolute Gasteiger partial charge is 0.495 e. The van der Waals surface area contributed by atoms with Crippen molar-refractivity contribution in [3.63, 3.8) is 0 Å². The molecule has 152 valence electrons. The molecule has 1 aromatic carbocycles. The molecular formula is C20H26N2O4S2. The van der Waals surface area contributed by atoms with Crippen molar-refractivity contribution in [2.45, 2.75) is 50.6 Å². The van der Waals surface area contributed by atoms with Gasteiger partial charge in [0.15, 0.2) is 0 Å². The van der Waals surface area contributed by atoms with E-state index in [9.17, 15) is 13.2 Å². The van der Waals surface area contributed by atoms with Gasteiger partial charge in [-0.15, -0.1) is 11.3 Å². The van der Waals surface area contributed by atoms with Crippen LogP contribution in [0, 0.1) is 0 Å². The zero-order valence-electron chi connectivity index (χ0n) is 16.6. The third-order valence-electron chi connectivity index (χ3n) is 4.83. The molecule has 0 unspecified atom stereocenters. The highest BCUT2D eigenvalue weighted by Crippen LogP contribution is 2.36. The zero-order valence-corrected chi connectivity index (χ0v) is 18.2. The molecular weight excluding hydrogens is 396 g/mol. The molecule has 6 nitrogen and oxygen atoms in total. The molecule has 1 aliphatic heterocycles. The van der Waals surface area contributed by atoms with Crippen molar-refractivity contribution in [3.05, 3.63) is 45.6 Å². The lowest BCUT2D eigenvalue weighted by Crippen LogP contribution is -2.39. The summed E-state index contributed by atoms with van der Waals surface area (Å²) in [5.74, 6) is 0.0582. The van der Waals surface area contributed by atoms with Gasteiger partial charge in [-0.3, -0.25) is 4.79 Å². The lowest BCUT2D eigenvalue weighted by Gasteiger charge is -2.35. The Bertz CT molecular complexity index is 966. The van der Waals surface area contributed by atoms with Crippen LogP contribution in [-0.2, 0) is 16.4 Å². The molecule has 1 aromatic heterocycles. The van der Waals surface area contributed by atoms with E-state index in [0.29, 0.717) is 12.1 Å². The Morgan fingerprint density at radius 3 is 2.75 bits per heavy atom. The van der Waals surface area contributed by atoms with Gasteiger partial charge in [-0.2, -0.15) is 0 Å². The fraction of sp³-hybridized carbons (Fsp3) is 0.450. The molecule has 2 heterocycles. The molecule has 0 bridgehead atoms. The summed E-state index contributed by atoms with van der Waals surface area (Å²) < 4.78 is 33.2. The number of amides is 1. The first-order valence-corrected chi connectivity index (χ1v) is 11.7. The van der Waals surface area contributed by atoms with Crippen LogP contribution in [0.15, 0.2) is 34.5 Å². The molecule has 0 radical (unpaired) electrons. The molecule has 2 aromatic rings. The molecule has 0 spiro atoms. The van der Waals surface area contributed by atoms with Crippen molar-refractivity contribution in [1.82, 2.24) is 9.62 Å². The molecule has 8 heteroatoms. The SMILES string of the molecule is CC[C@H]1c2ccsc2CCN1C(=O)c1ccc(OC)c(S(=O)(=O)NC(C)C)c1. The lowest BCUT2D eigenvalue weighted by atomic mass is 9.97. The van der Waals surface area contributed by atoms with E-state index in [-0.39, 0.29) is 28.6 Å². The minimum Gasteiger partial charge on any atom is -0.495 e. The predicted molar refractivity (Wildman–Crippen MR) is 111 cm³/mol. The van der Waals surface area contributed by atoms with E-state index < -0.39 is 10.0 Å². The van der Waals surface area contributed by atoms with Crippen molar-refractivity contribution in [2.75, 3.05) is 13.7 Å². The number of rotatable bonds is 6. The molecule has 3 rings (SSSR count). The van der Waals surface area contributed by atoms with E-state index in [4.69, 9.17) is 4.74 Å². The summed E-state index contributed by atoms with van der Waals surface area (Å²) in [7, 11) is -2.37. The molecule has 1 amide bonds. The maximum atomic E-state index is 13.3. The minimum absolute atomic E-state index is 0.0125. The molecule has 0 aliphatic carbocycles. The highest BCUT2D eigenvalue weighted by molar-refractivity contribution is 7.89. The van der Waals surface area contributed by atoms with E-state index >= 15 is 0 Å². The molecule has 1 atom stereocenters. The van der Waals surface area contributed by atoms with E-state index in [1.165, 1.54) is 23.6 Å². The van der Waals surface area contributed by atoms with Gasteiger partial charge in [0, 0.05) is 23.0 Å². The van der Waals surface area contributed by atoms with E-state index in [1.54, 1.807) is 37.3 Å². The predicted octanol–water partition coefficient (Wildman–Crippen LogP) is 3.59. The van der Waals surface area contributed by atoms with Gasteiger partial charge in [0.1, 0.15) is 10.6 Å².